The summed E-state index contributed by atoms with van der Waals surface area (Å²) >= 11 is 8.10. The lowest BCUT2D eigenvalue weighted by Gasteiger charge is -2.31. The molecule has 1 unspecified atom stereocenters. The topological polar surface area (TPSA) is 43.6 Å². The first kappa shape index (κ1) is 21.1. The van der Waals surface area contributed by atoms with Gasteiger partial charge in [0.1, 0.15) is 5.75 Å². The third-order valence-corrected chi connectivity index (χ3v) is 7.83. The predicted molar refractivity (Wildman–Crippen MR) is 137 cm³/mol. The minimum atomic E-state index is -0.284. The molecular formula is C28H21ClN2O2S. The van der Waals surface area contributed by atoms with Crippen molar-refractivity contribution in [3.63, 3.8) is 0 Å². The second-order valence-corrected chi connectivity index (χ2v) is 9.79. The second-order valence-electron chi connectivity index (χ2n) is 8.38. The van der Waals surface area contributed by atoms with Crippen LogP contribution >= 0.6 is 22.9 Å². The van der Waals surface area contributed by atoms with Crippen molar-refractivity contribution in [3.8, 4) is 5.75 Å². The number of nitrogens with zero attached hydrogens (tertiary/aromatic N) is 2. The summed E-state index contributed by atoms with van der Waals surface area (Å²) in [5.41, 5.74) is 6.26. The highest BCUT2D eigenvalue weighted by atomic mass is 35.5. The number of methoxy groups -OCH3 is 1. The van der Waals surface area contributed by atoms with Crippen LogP contribution in [-0.2, 0) is 6.42 Å². The van der Waals surface area contributed by atoms with Gasteiger partial charge in [0.25, 0.3) is 5.56 Å². The molecular weight excluding hydrogens is 464 g/mol. The molecule has 1 aliphatic carbocycles. The van der Waals surface area contributed by atoms with Gasteiger partial charge in [0, 0.05) is 16.1 Å². The van der Waals surface area contributed by atoms with Gasteiger partial charge in [-0.2, -0.15) is 0 Å². The van der Waals surface area contributed by atoms with Crippen molar-refractivity contribution in [2.75, 3.05) is 7.11 Å². The lowest BCUT2D eigenvalue weighted by atomic mass is 9.83. The van der Waals surface area contributed by atoms with Gasteiger partial charge in [-0.05, 0) is 47.8 Å². The van der Waals surface area contributed by atoms with Crippen LogP contribution in [0.15, 0.2) is 88.2 Å². The third-order valence-electron chi connectivity index (χ3n) is 6.50. The van der Waals surface area contributed by atoms with Gasteiger partial charge in [0.15, 0.2) is 4.80 Å². The van der Waals surface area contributed by atoms with Gasteiger partial charge in [-0.1, -0.05) is 83.6 Å². The number of ether oxygens (including phenoxy) is 1. The van der Waals surface area contributed by atoms with E-state index >= 15 is 0 Å². The molecule has 4 nitrogen and oxygen atoms in total. The van der Waals surface area contributed by atoms with Gasteiger partial charge in [-0.15, -0.1) is 0 Å². The monoisotopic (exact) mass is 484 g/mol. The Labute approximate surface area is 205 Å². The molecule has 1 aliphatic heterocycles. The molecule has 34 heavy (non-hydrogen) atoms. The van der Waals surface area contributed by atoms with Crippen molar-refractivity contribution in [1.29, 1.82) is 0 Å². The number of hydrogen-bond donors (Lipinski definition) is 0. The number of halogens is 1. The summed E-state index contributed by atoms with van der Waals surface area (Å²) in [6, 6.07) is 23.6. The predicted octanol–water partition coefficient (Wildman–Crippen LogP) is 4.98. The molecule has 0 saturated carbocycles. The van der Waals surface area contributed by atoms with E-state index in [4.69, 9.17) is 21.3 Å². The first-order valence-electron chi connectivity index (χ1n) is 11.2. The minimum absolute atomic E-state index is 0.0648. The number of benzene rings is 3. The number of aryl methyl sites for hydroxylation is 1. The number of hydrogen-bond acceptors (Lipinski definition) is 4. The average molecular weight is 485 g/mol. The van der Waals surface area contributed by atoms with Crippen molar-refractivity contribution < 1.29 is 4.74 Å². The summed E-state index contributed by atoms with van der Waals surface area (Å²) in [7, 11) is 1.64. The third kappa shape index (κ3) is 3.35. The number of thiazole rings is 1. The Kier molecular flexibility index (Phi) is 5.24. The number of allylic oxidation sites excluding steroid dienone is 1. The van der Waals surface area contributed by atoms with Crippen molar-refractivity contribution in [2.45, 2.75) is 18.9 Å². The molecule has 0 fully saturated rings. The number of rotatable bonds is 3. The molecule has 0 amide bonds. The Morgan fingerprint density at radius 3 is 2.65 bits per heavy atom. The smallest absolute Gasteiger partial charge is 0.271 e. The van der Waals surface area contributed by atoms with Gasteiger partial charge in [0.2, 0.25) is 0 Å². The normalized spacial score (nSPS) is 17.0. The average Bonchev–Trinajstić information content (AvgIpc) is 3.18. The first-order chi connectivity index (χ1) is 16.7. The Balaban J connectivity index is 1.65. The van der Waals surface area contributed by atoms with E-state index < -0.39 is 0 Å². The number of aromatic nitrogens is 1. The molecule has 0 radical (unpaired) electrons. The van der Waals surface area contributed by atoms with Gasteiger partial charge in [-0.25, -0.2) is 4.99 Å². The SMILES string of the molecule is COc1ccccc1/C=c1/sc2n(c1=O)C(c1ccccc1Cl)C1=C(N=2)c2ccccc2CC1. The van der Waals surface area contributed by atoms with Crippen LogP contribution in [0, 0.1) is 0 Å². The molecule has 168 valence electrons. The molecule has 0 bridgehead atoms. The zero-order chi connectivity index (χ0) is 23.2. The maximum absolute atomic E-state index is 13.8. The molecule has 6 heteroatoms. The molecule has 1 atom stereocenters. The molecule has 2 aliphatic rings. The van der Waals surface area contributed by atoms with Gasteiger partial charge < -0.3 is 4.74 Å². The fraction of sp³-hybridized carbons (Fsp3) is 0.143. The highest BCUT2D eigenvalue weighted by molar-refractivity contribution is 7.07. The van der Waals surface area contributed by atoms with Crippen LogP contribution in [0.3, 0.4) is 0 Å². The molecule has 2 heterocycles. The van der Waals surface area contributed by atoms with E-state index in [1.54, 1.807) is 7.11 Å². The summed E-state index contributed by atoms with van der Waals surface area (Å²) < 4.78 is 7.94. The van der Waals surface area contributed by atoms with Crippen LogP contribution in [0.2, 0.25) is 5.02 Å². The summed E-state index contributed by atoms with van der Waals surface area (Å²) in [6.45, 7) is 0. The zero-order valence-corrected chi connectivity index (χ0v) is 20.1. The van der Waals surface area contributed by atoms with Crippen LogP contribution in [0.1, 0.15) is 34.7 Å². The van der Waals surface area contributed by atoms with Crippen molar-refractivity contribution >= 4 is 34.7 Å². The molecule has 3 aromatic carbocycles. The van der Waals surface area contributed by atoms with Gasteiger partial charge in [-0.3, -0.25) is 9.36 Å². The van der Waals surface area contributed by atoms with Crippen LogP contribution in [-0.4, -0.2) is 11.7 Å². The highest BCUT2D eigenvalue weighted by Crippen LogP contribution is 2.42. The Morgan fingerprint density at radius 1 is 1.03 bits per heavy atom. The maximum atomic E-state index is 13.8. The Morgan fingerprint density at radius 2 is 1.79 bits per heavy atom. The Bertz CT molecular complexity index is 1650. The van der Waals surface area contributed by atoms with Crippen molar-refractivity contribution in [2.24, 2.45) is 4.99 Å². The van der Waals surface area contributed by atoms with E-state index in [2.05, 4.69) is 18.2 Å². The van der Waals surface area contributed by atoms with Crippen LogP contribution < -0.4 is 19.6 Å². The lowest BCUT2D eigenvalue weighted by Crippen LogP contribution is -2.38. The van der Waals surface area contributed by atoms with E-state index in [1.807, 2.05) is 65.2 Å². The molecule has 4 aromatic rings. The number of para-hydroxylation sites is 1. The zero-order valence-electron chi connectivity index (χ0n) is 18.5. The van der Waals surface area contributed by atoms with Gasteiger partial charge >= 0.3 is 0 Å². The quantitative estimate of drug-likeness (QED) is 0.411. The van der Waals surface area contributed by atoms with Gasteiger partial charge in [0.05, 0.1) is 23.4 Å². The first-order valence-corrected chi connectivity index (χ1v) is 12.4. The van der Waals surface area contributed by atoms with Crippen LogP contribution in [0.4, 0.5) is 0 Å². The largest absolute Gasteiger partial charge is 0.496 e. The van der Waals surface area contributed by atoms with E-state index in [-0.39, 0.29) is 11.6 Å². The summed E-state index contributed by atoms with van der Waals surface area (Å²) in [6.07, 6.45) is 3.64. The summed E-state index contributed by atoms with van der Waals surface area (Å²) in [5, 5.41) is 0.652. The van der Waals surface area contributed by atoms with Crippen LogP contribution in [0.25, 0.3) is 11.8 Å². The fourth-order valence-electron chi connectivity index (χ4n) is 4.92. The molecule has 1 aromatic heterocycles. The van der Waals surface area contributed by atoms with E-state index in [9.17, 15) is 4.79 Å². The number of fused-ring (bicyclic) bond motifs is 3. The van der Waals surface area contributed by atoms with Crippen molar-refractivity contribution in [3.05, 3.63) is 125 Å². The standard InChI is InChI=1S/C28H21ClN2O2S/c1-33-23-13-7-3-9-18(23)16-24-27(32)31-26(20-11-5-6-12-22(20)29)21-15-14-17-8-2-4-10-19(17)25(21)30-28(31)34-24/h2-13,16,26H,14-15H2,1H3/b24-16+. The molecule has 0 saturated heterocycles. The fourth-order valence-corrected chi connectivity index (χ4v) is 6.15. The summed E-state index contributed by atoms with van der Waals surface area (Å²) in [4.78, 5) is 19.5. The Hall–Kier alpha value is -3.41. The summed E-state index contributed by atoms with van der Waals surface area (Å²) in [5.74, 6) is 0.726. The van der Waals surface area contributed by atoms with E-state index in [0.717, 1.165) is 46.6 Å². The van der Waals surface area contributed by atoms with E-state index in [0.29, 0.717) is 14.4 Å². The molecule has 0 spiro atoms. The van der Waals surface area contributed by atoms with Crippen LogP contribution in [0.5, 0.6) is 5.75 Å². The maximum Gasteiger partial charge on any atom is 0.271 e. The van der Waals surface area contributed by atoms with E-state index in [1.165, 1.54) is 16.9 Å². The molecule has 0 N–H and O–H groups in total. The minimum Gasteiger partial charge on any atom is -0.496 e. The lowest BCUT2D eigenvalue weighted by molar-refractivity contribution is 0.414. The second kappa shape index (κ2) is 8.42. The molecule has 6 rings (SSSR count). The highest BCUT2D eigenvalue weighted by Gasteiger charge is 2.33. The van der Waals surface area contributed by atoms with Crippen molar-refractivity contribution in [1.82, 2.24) is 4.57 Å².